The largest absolute Gasteiger partial charge is 0.497 e. The van der Waals surface area contributed by atoms with Gasteiger partial charge in [0.1, 0.15) is 11.8 Å². The van der Waals surface area contributed by atoms with Gasteiger partial charge in [0.2, 0.25) is 0 Å². The molecule has 34 heavy (non-hydrogen) atoms. The summed E-state index contributed by atoms with van der Waals surface area (Å²) in [5.41, 5.74) is 5.25. The van der Waals surface area contributed by atoms with E-state index in [0.29, 0.717) is 5.11 Å². The van der Waals surface area contributed by atoms with Crippen molar-refractivity contribution in [2.75, 3.05) is 31.0 Å². The van der Waals surface area contributed by atoms with Gasteiger partial charge < -0.3 is 24.4 Å². The van der Waals surface area contributed by atoms with E-state index in [1.54, 1.807) is 7.11 Å². The molecular formula is C27H27N5OS. The van der Waals surface area contributed by atoms with Gasteiger partial charge in [-0.1, -0.05) is 12.1 Å². The van der Waals surface area contributed by atoms with Crippen LogP contribution >= 0.6 is 12.2 Å². The number of methoxy groups -OCH3 is 1. The molecule has 4 aromatic rings. The van der Waals surface area contributed by atoms with E-state index in [0.717, 1.165) is 34.2 Å². The Balaban J connectivity index is 1.64. The first-order chi connectivity index (χ1) is 16.6. The molecular weight excluding hydrogens is 442 g/mol. The number of aromatic nitrogens is 2. The fourth-order valence-electron chi connectivity index (χ4n) is 4.48. The van der Waals surface area contributed by atoms with Gasteiger partial charge in [-0.3, -0.25) is 4.98 Å². The highest BCUT2D eigenvalue weighted by molar-refractivity contribution is 7.80. The molecule has 0 radical (unpaired) electrons. The van der Waals surface area contributed by atoms with E-state index in [-0.39, 0.29) is 12.1 Å². The van der Waals surface area contributed by atoms with E-state index in [1.807, 2.05) is 56.7 Å². The molecule has 0 aliphatic carbocycles. The molecule has 7 heteroatoms. The van der Waals surface area contributed by atoms with Crippen molar-refractivity contribution in [3.05, 3.63) is 103 Å². The molecule has 1 N–H and O–H groups in total. The Morgan fingerprint density at radius 3 is 2.47 bits per heavy atom. The van der Waals surface area contributed by atoms with Crippen molar-refractivity contribution in [1.82, 2.24) is 14.9 Å². The van der Waals surface area contributed by atoms with Crippen molar-refractivity contribution in [3.8, 4) is 11.4 Å². The van der Waals surface area contributed by atoms with Crippen LogP contribution in [0.5, 0.6) is 5.75 Å². The van der Waals surface area contributed by atoms with Crippen molar-refractivity contribution in [1.29, 1.82) is 0 Å². The average Bonchev–Trinajstić information content (AvgIpc) is 3.49. The van der Waals surface area contributed by atoms with Gasteiger partial charge in [0.15, 0.2) is 5.11 Å². The van der Waals surface area contributed by atoms with E-state index < -0.39 is 0 Å². The predicted octanol–water partition coefficient (Wildman–Crippen LogP) is 5.12. The maximum absolute atomic E-state index is 5.88. The third-order valence-corrected chi connectivity index (χ3v) is 6.47. The normalized spacial score (nSPS) is 17.5. The number of ether oxygens (including phenoxy) is 1. The second-order valence-electron chi connectivity index (χ2n) is 8.41. The Morgan fingerprint density at radius 2 is 1.76 bits per heavy atom. The molecule has 2 aromatic carbocycles. The Kier molecular flexibility index (Phi) is 5.94. The van der Waals surface area contributed by atoms with Crippen LogP contribution in [0.4, 0.5) is 11.4 Å². The number of benzene rings is 2. The summed E-state index contributed by atoms with van der Waals surface area (Å²) in [4.78, 5) is 8.95. The molecule has 0 amide bonds. The Labute approximate surface area is 205 Å². The van der Waals surface area contributed by atoms with Gasteiger partial charge >= 0.3 is 0 Å². The highest BCUT2D eigenvalue weighted by Crippen LogP contribution is 2.42. The zero-order chi connectivity index (χ0) is 23.7. The Hall–Kier alpha value is -3.84. The summed E-state index contributed by atoms with van der Waals surface area (Å²) in [6.45, 7) is 0. The van der Waals surface area contributed by atoms with E-state index >= 15 is 0 Å². The predicted molar refractivity (Wildman–Crippen MR) is 141 cm³/mol. The first-order valence-electron chi connectivity index (χ1n) is 11.2. The van der Waals surface area contributed by atoms with Crippen LogP contribution in [0.25, 0.3) is 5.69 Å². The van der Waals surface area contributed by atoms with Crippen LogP contribution in [0.1, 0.15) is 23.5 Å². The second kappa shape index (κ2) is 9.19. The summed E-state index contributed by atoms with van der Waals surface area (Å²) in [5.74, 6) is 0.814. The lowest BCUT2D eigenvalue weighted by molar-refractivity contribution is 0.414. The molecule has 0 saturated carbocycles. The number of hydrogen-bond acceptors (Lipinski definition) is 4. The van der Waals surface area contributed by atoms with E-state index in [4.69, 9.17) is 17.0 Å². The maximum atomic E-state index is 5.88. The Bertz CT molecular complexity index is 1290. The number of rotatable bonds is 6. The molecule has 2 aromatic heterocycles. The molecule has 3 heterocycles. The number of nitrogens with zero attached hydrogens (tertiary/aromatic N) is 4. The second-order valence-corrected chi connectivity index (χ2v) is 8.80. The van der Waals surface area contributed by atoms with Gasteiger partial charge in [0.25, 0.3) is 0 Å². The zero-order valence-corrected chi connectivity index (χ0v) is 20.2. The first kappa shape index (κ1) is 22.0. The average molecular weight is 470 g/mol. The topological polar surface area (TPSA) is 45.6 Å². The minimum absolute atomic E-state index is 0.103. The maximum Gasteiger partial charge on any atom is 0.174 e. The van der Waals surface area contributed by atoms with E-state index in [1.165, 1.54) is 0 Å². The quantitative estimate of drug-likeness (QED) is 0.395. The monoisotopic (exact) mass is 469 g/mol. The van der Waals surface area contributed by atoms with Gasteiger partial charge in [0, 0.05) is 55.3 Å². The van der Waals surface area contributed by atoms with Crippen molar-refractivity contribution in [2.45, 2.75) is 12.1 Å². The molecule has 6 nitrogen and oxygen atoms in total. The summed E-state index contributed by atoms with van der Waals surface area (Å²) < 4.78 is 7.67. The molecule has 1 aliphatic heterocycles. The van der Waals surface area contributed by atoms with Crippen molar-refractivity contribution < 1.29 is 4.74 Å². The van der Waals surface area contributed by atoms with E-state index in [9.17, 15) is 0 Å². The molecule has 0 spiro atoms. The summed E-state index contributed by atoms with van der Waals surface area (Å²) in [5, 5.41) is 4.22. The van der Waals surface area contributed by atoms with E-state index in [2.05, 4.69) is 73.3 Å². The van der Waals surface area contributed by atoms with Crippen LogP contribution in [0.2, 0.25) is 0 Å². The summed E-state index contributed by atoms with van der Waals surface area (Å²) in [6, 6.07) is 26.5. The van der Waals surface area contributed by atoms with Gasteiger partial charge in [-0.15, -0.1) is 0 Å². The lowest BCUT2D eigenvalue weighted by Crippen LogP contribution is -2.30. The van der Waals surface area contributed by atoms with Crippen LogP contribution < -0.4 is 19.9 Å². The smallest absolute Gasteiger partial charge is 0.174 e. The third-order valence-electron chi connectivity index (χ3n) is 6.16. The summed E-state index contributed by atoms with van der Waals surface area (Å²) in [6.07, 6.45) is 3.90. The molecule has 0 unspecified atom stereocenters. The molecule has 5 rings (SSSR count). The fraction of sp³-hybridized carbons (Fsp3) is 0.185. The van der Waals surface area contributed by atoms with Crippen LogP contribution in [0, 0.1) is 0 Å². The molecule has 172 valence electrons. The molecule has 1 aliphatic rings. The minimum atomic E-state index is -0.110. The highest BCUT2D eigenvalue weighted by Gasteiger charge is 2.42. The van der Waals surface area contributed by atoms with Crippen LogP contribution in [0.15, 0.2) is 91.3 Å². The lowest BCUT2D eigenvalue weighted by atomic mass is 10.0. The highest BCUT2D eigenvalue weighted by atomic mass is 32.1. The SMILES string of the molecule is COc1cccc(-n2cccc2[C@@H]2[C@H](c3ccccn3)NC(=S)N2c2ccc(N(C)C)cc2)c1. The standard InChI is InChI=1S/C27H27N5OS/c1-30(2)19-12-14-20(15-13-19)32-26(25(29-27(32)34)23-10-4-5-16-28-23)24-11-7-17-31(24)21-8-6-9-22(18-21)33-3/h4-18,25-26H,1-3H3,(H,29,34)/t25-,26+/m0/s1. The number of nitrogens with one attached hydrogen (secondary N) is 1. The summed E-state index contributed by atoms with van der Waals surface area (Å²) in [7, 11) is 5.77. The molecule has 2 atom stereocenters. The van der Waals surface area contributed by atoms with Crippen LogP contribution in [-0.4, -0.2) is 35.9 Å². The minimum Gasteiger partial charge on any atom is -0.497 e. The van der Waals surface area contributed by atoms with Gasteiger partial charge in [-0.2, -0.15) is 0 Å². The van der Waals surface area contributed by atoms with Crippen LogP contribution in [0.3, 0.4) is 0 Å². The third kappa shape index (κ3) is 3.99. The van der Waals surface area contributed by atoms with Gasteiger partial charge in [0.05, 0.1) is 18.8 Å². The first-order valence-corrected chi connectivity index (χ1v) is 11.6. The zero-order valence-electron chi connectivity index (χ0n) is 19.4. The number of anilines is 2. The van der Waals surface area contributed by atoms with Crippen molar-refractivity contribution in [2.24, 2.45) is 0 Å². The van der Waals surface area contributed by atoms with Crippen molar-refractivity contribution in [3.63, 3.8) is 0 Å². The van der Waals surface area contributed by atoms with Gasteiger partial charge in [-0.05, 0) is 72.9 Å². The number of pyridine rings is 1. The van der Waals surface area contributed by atoms with Crippen LogP contribution in [-0.2, 0) is 0 Å². The summed E-state index contributed by atoms with van der Waals surface area (Å²) >= 11 is 5.88. The lowest BCUT2D eigenvalue weighted by Gasteiger charge is -2.29. The Morgan fingerprint density at radius 1 is 0.941 bits per heavy atom. The number of thiocarbonyl (C=S) groups is 1. The fourth-order valence-corrected chi connectivity index (χ4v) is 4.82. The van der Waals surface area contributed by atoms with Crippen molar-refractivity contribution >= 4 is 28.7 Å². The van der Waals surface area contributed by atoms with Gasteiger partial charge in [-0.25, -0.2) is 0 Å². The number of hydrogen-bond donors (Lipinski definition) is 1. The molecule has 1 fully saturated rings. The molecule has 1 saturated heterocycles. The molecule has 0 bridgehead atoms.